The summed E-state index contributed by atoms with van der Waals surface area (Å²) in [6, 6.07) is 11.5. The number of hydrazone groups is 1. The van der Waals surface area contributed by atoms with Gasteiger partial charge in [-0.3, -0.25) is 4.79 Å². The first-order valence-corrected chi connectivity index (χ1v) is 10.6. The number of sulfonamides is 1. The van der Waals surface area contributed by atoms with Gasteiger partial charge in [-0.05, 0) is 30.4 Å². The van der Waals surface area contributed by atoms with E-state index in [9.17, 15) is 13.2 Å². The van der Waals surface area contributed by atoms with Crippen molar-refractivity contribution in [2.24, 2.45) is 11.0 Å². The van der Waals surface area contributed by atoms with Gasteiger partial charge < -0.3 is 4.74 Å². The van der Waals surface area contributed by atoms with Crippen molar-refractivity contribution >= 4 is 32.9 Å². The summed E-state index contributed by atoms with van der Waals surface area (Å²) in [5.41, 5.74) is 3.40. The Hall–Kier alpha value is -2.45. The Balaban J connectivity index is 1.71. The van der Waals surface area contributed by atoms with Crippen molar-refractivity contribution < 1.29 is 17.9 Å². The molecule has 0 saturated carbocycles. The molecule has 1 fully saturated rings. The summed E-state index contributed by atoms with van der Waals surface area (Å²) in [6.45, 7) is 0.662. The number of nitrogens with zero attached hydrogens (tertiary/aromatic N) is 2. The number of methoxy groups -OCH3 is 1. The fraction of sp³-hybridized carbons (Fsp3) is 0.368. The first-order valence-electron chi connectivity index (χ1n) is 8.74. The first-order chi connectivity index (χ1) is 12.9. The number of carbonyl (C=O) groups is 1. The van der Waals surface area contributed by atoms with Crippen LogP contribution >= 0.6 is 0 Å². The third kappa shape index (κ3) is 4.45. The quantitative estimate of drug-likeness (QED) is 0.626. The molecule has 1 unspecified atom stereocenters. The molecule has 0 spiro atoms. The number of fused-ring (bicyclic) bond motifs is 1. The summed E-state index contributed by atoms with van der Waals surface area (Å²) in [5.74, 6) is 0.116. The maximum atomic E-state index is 12.4. The number of rotatable bonds is 5. The lowest BCUT2D eigenvalue weighted by atomic mass is 9.99. The molecule has 0 radical (unpaired) electrons. The van der Waals surface area contributed by atoms with E-state index in [1.807, 2.05) is 36.4 Å². The predicted molar refractivity (Wildman–Crippen MR) is 105 cm³/mol. The molecular weight excluding hydrogens is 366 g/mol. The Morgan fingerprint density at radius 2 is 2.00 bits per heavy atom. The van der Waals surface area contributed by atoms with E-state index < -0.39 is 15.9 Å². The van der Waals surface area contributed by atoms with Crippen LogP contribution in [0.1, 0.15) is 18.4 Å². The highest BCUT2D eigenvalue weighted by Crippen LogP contribution is 2.27. The number of amides is 1. The maximum Gasteiger partial charge on any atom is 0.244 e. The minimum absolute atomic E-state index is 0.200. The number of hydrogen-bond acceptors (Lipinski definition) is 5. The molecule has 0 aromatic heterocycles. The molecule has 2 aromatic rings. The van der Waals surface area contributed by atoms with E-state index in [0.717, 1.165) is 22.1 Å². The molecule has 1 atom stereocenters. The molecule has 7 nitrogen and oxygen atoms in total. The van der Waals surface area contributed by atoms with Crippen molar-refractivity contribution in [3.63, 3.8) is 0 Å². The van der Waals surface area contributed by atoms with Crippen molar-refractivity contribution in [2.45, 2.75) is 12.8 Å². The van der Waals surface area contributed by atoms with Crippen LogP contribution < -0.4 is 10.2 Å². The fourth-order valence-corrected chi connectivity index (χ4v) is 4.21. The van der Waals surface area contributed by atoms with E-state index >= 15 is 0 Å². The molecule has 0 aliphatic carbocycles. The summed E-state index contributed by atoms with van der Waals surface area (Å²) in [5, 5.41) is 6.01. The molecular formula is C19H23N3O4S. The third-order valence-electron chi connectivity index (χ3n) is 4.74. The van der Waals surface area contributed by atoms with Gasteiger partial charge in [-0.15, -0.1) is 0 Å². The number of carbonyl (C=O) groups excluding carboxylic acids is 1. The van der Waals surface area contributed by atoms with Gasteiger partial charge in [-0.2, -0.15) is 5.10 Å². The smallest absolute Gasteiger partial charge is 0.244 e. The van der Waals surface area contributed by atoms with E-state index in [2.05, 4.69) is 10.5 Å². The molecule has 2 aromatic carbocycles. The molecule has 1 aliphatic heterocycles. The molecule has 1 heterocycles. The number of piperidine rings is 1. The second-order valence-electron chi connectivity index (χ2n) is 6.60. The summed E-state index contributed by atoms with van der Waals surface area (Å²) in [7, 11) is -1.66. The highest BCUT2D eigenvalue weighted by atomic mass is 32.2. The van der Waals surface area contributed by atoms with Crippen molar-refractivity contribution in [3.05, 3.63) is 42.0 Å². The molecule has 1 saturated heterocycles. The maximum absolute atomic E-state index is 12.4. The van der Waals surface area contributed by atoms with Gasteiger partial charge in [0.25, 0.3) is 0 Å². The molecule has 3 rings (SSSR count). The number of hydrogen-bond donors (Lipinski definition) is 1. The van der Waals surface area contributed by atoms with Crippen LogP contribution in [0.3, 0.4) is 0 Å². The van der Waals surface area contributed by atoms with Crippen LogP contribution in [-0.2, 0) is 14.8 Å². The van der Waals surface area contributed by atoms with Crippen LogP contribution in [-0.4, -0.2) is 51.3 Å². The summed E-state index contributed by atoms with van der Waals surface area (Å²) >= 11 is 0. The standard InChI is InChI=1S/C19H23N3O4S/c1-26-18-10-9-14(16-7-3-4-8-17(16)18)12-20-21-19(23)15-6-5-11-22(13-15)27(2,24)25/h3-4,7-10,12,15H,5-6,11,13H2,1-2H3,(H,21,23). The van der Waals surface area contributed by atoms with Crippen LogP contribution in [0.25, 0.3) is 10.8 Å². The van der Waals surface area contributed by atoms with E-state index in [4.69, 9.17) is 4.74 Å². The predicted octanol–water partition coefficient (Wildman–Crippen LogP) is 1.97. The second-order valence-corrected chi connectivity index (χ2v) is 8.58. The van der Waals surface area contributed by atoms with E-state index in [1.54, 1.807) is 13.3 Å². The second kappa shape index (κ2) is 8.06. The molecule has 0 bridgehead atoms. The van der Waals surface area contributed by atoms with Crippen LogP contribution in [0.2, 0.25) is 0 Å². The average Bonchev–Trinajstić information content (AvgIpc) is 2.67. The average molecular weight is 389 g/mol. The van der Waals surface area contributed by atoms with E-state index in [0.29, 0.717) is 19.4 Å². The van der Waals surface area contributed by atoms with Crippen LogP contribution in [0.15, 0.2) is 41.5 Å². The highest BCUT2D eigenvalue weighted by Gasteiger charge is 2.30. The van der Waals surface area contributed by atoms with Gasteiger partial charge in [0.2, 0.25) is 15.9 Å². The third-order valence-corrected chi connectivity index (χ3v) is 6.01. The van der Waals surface area contributed by atoms with Gasteiger partial charge >= 0.3 is 0 Å². The number of ether oxygens (including phenoxy) is 1. The molecule has 8 heteroatoms. The monoisotopic (exact) mass is 389 g/mol. The van der Waals surface area contributed by atoms with Crippen molar-refractivity contribution in [1.29, 1.82) is 0 Å². The zero-order chi connectivity index (χ0) is 19.4. The molecule has 27 heavy (non-hydrogen) atoms. The van der Waals surface area contributed by atoms with Gasteiger partial charge in [0.05, 0.1) is 25.5 Å². The number of benzene rings is 2. The van der Waals surface area contributed by atoms with E-state index in [-0.39, 0.29) is 12.5 Å². The lowest BCUT2D eigenvalue weighted by molar-refractivity contribution is -0.126. The summed E-state index contributed by atoms with van der Waals surface area (Å²) < 4.78 is 30.1. The van der Waals surface area contributed by atoms with Crippen LogP contribution in [0, 0.1) is 5.92 Å². The minimum Gasteiger partial charge on any atom is -0.496 e. The number of nitrogens with one attached hydrogen (secondary N) is 1. The zero-order valence-electron chi connectivity index (χ0n) is 15.4. The molecule has 1 aliphatic rings. The molecule has 1 N–H and O–H groups in total. The topological polar surface area (TPSA) is 88.1 Å². The normalized spacial score (nSPS) is 18.7. The van der Waals surface area contributed by atoms with Crippen LogP contribution in [0.4, 0.5) is 0 Å². The zero-order valence-corrected chi connectivity index (χ0v) is 16.2. The van der Waals surface area contributed by atoms with Gasteiger partial charge in [0.15, 0.2) is 0 Å². The van der Waals surface area contributed by atoms with Gasteiger partial charge in [-0.25, -0.2) is 18.1 Å². The first kappa shape index (κ1) is 19.3. The minimum atomic E-state index is -3.28. The Bertz CT molecular complexity index is 972. The van der Waals surface area contributed by atoms with Gasteiger partial charge in [-0.1, -0.05) is 24.3 Å². The van der Waals surface area contributed by atoms with Crippen molar-refractivity contribution in [2.75, 3.05) is 26.5 Å². The van der Waals surface area contributed by atoms with Crippen molar-refractivity contribution in [3.8, 4) is 5.75 Å². The Labute approximate surface area is 159 Å². The Kier molecular flexibility index (Phi) is 5.76. The highest BCUT2D eigenvalue weighted by molar-refractivity contribution is 7.88. The summed E-state index contributed by atoms with van der Waals surface area (Å²) in [4.78, 5) is 12.4. The van der Waals surface area contributed by atoms with Crippen molar-refractivity contribution in [1.82, 2.24) is 9.73 Å². The molecule has 144 valence electrons. The van der Waals surface area contributed by atoms with E-state index in [1.165, 1.54) is 10.6 Å². The lowest BCUT2D eigenvalue weighted by Gasteiger charge is -2.29. The van der Waals surface area contributed by atoms with Gasteiger partial charge in [0.1, 0.15) is 5.75 Å². The largest absolute Gasteiger partial charge is 0.496 e. The Morgan fingerprint density at radius 3 is 2.70 bits per heavy atom. The fourth-order valence-electron chi connectivity index (χ4n) is 3.30. The summed E-state index contributed by atoms with van der Waals surface area (Å²) in [6.07, 6.45) is 4.08. The lowest BCUT2D eigenvalue weighted by Crippen LogP contribution is -2.44. The molecule has 1 amide bonds. The van der Waals surface area contributed by atoms with Gasteiger partial charge in [0, 0.05) is 24.0 Å². The van der Waals surface area contributed by atoms with Crippen LogP contribution in [0.5, 0.6) is 5.75 Å². The SMILES string of the molecule is COc1ccc(C=NNC(=O)C2CCCN(S(C)(=O)=O)C2)c2ccccc12. The Morgan fingerprint density at radius 1 is 1.26 bits per heavy atom.